The van der Waals surface area contributed by atoms with Crippen LogP contribution in [-0.2, 0) is 47.4 Å². The lowest BCUT2D eigenvalue weighted by Crippen LogP contribution is -2.51. The van der Waals surface area contributed by atoms with E-state index in [-0.39, 0.29) is 6.61 Å². The Kier molecular flexibility index (Phi) is 25.7. The van der Waals surface area contributed by atoms with Crippen LogP contribution in [0.25, 0.3) is 0 Å². The van der Waals surface area contributed by atoms with Crippen molar-refractivity contribution in [3.63, 3.8) is 0 Å². The summed E-state index contributed by atoms with van der Waals surface area (Å²) < 4.78 is 56.0. The van der Waals surface area contributed by atoms with E-state index in [1.54, 1.807) is 5.57 Å². The molecule has 60 heavy (non-hydrogen) atoms. The average molecular weight is 855 g/mol. The largest absolute Gasteiger partial charge is 0.394 e. The highest BCUT2D eigenvalue weighted by Gasteiger charge is 2.59. The van der Waals surface area contributed by atoms with E-state index in [0.29, 0.717) is 142 Å². The Balaban J connectivity index is 0.926. The molecule has 0 aromatic carbocycles. The van der Waals surface area contributed by atoms with Gasteiger partial charge in [-0.15, -0.1) is 0 Å². The second-order valence-corrected chi connectivity index (χ2v) is 18.9. The smallest absolute Gasteiger partial charge is 0.0704 e. The highest BCUT2D eigenvalue weighted by atomic mass is 16.6. The first-order valence-electron chi connectivity index (χ1n) is 24.4. The molecule has 4 rings (SSSR count). The van der Waals surface area contributed by atoms with Gasteiger partial charge in [-0.25, -0.2) is 0 Å². The van der Waals surface area contributed by atoms with E-state index in [4.69, 9.17) is 52.5 Å². The molecule has 352 valence electrons. The highest BCUT2D eigenvalue weighted by Crippen LogP contribution is 2.67. The van der Waals surface area contributed by atoms with Crippen molar-refractivity contribution in [2.75, 3.05) is 132 Å². The fraction of sp³-hybridized carbons (Fsp3) is 0.959. The van der Waals surface area contributed by atoms with E-state index in [1.807, 2.05) is 0 Å². The minimum Gasteiger partial charge on any atom is -0.394 e. The van der Waals surface area contributed by atoms with Gasteiger partial charge in [-0.3, -0.25) is 0 Å². The van der Waals surface area contributed by atoms with Gasteiger partial charge in [0, 0.05) is 0 Å². The number of aliphatic hydroxyl groups is 1. The van der Waals surface area contributed by atoms with Crippen LogP contribution >= 0.6 is 0 Å². The molecule has 0 spiro atoms. The molecular formula is C49H90O11. The fourth-order valence-electron chi connectivity index (χ4n) is 11.6. The molecule has 1 N–H and O–H groups in total. The van der Waals surface area contributed by atoms with Crippen LogP contribution in [0, 0.1) is 52.3 Å². The number of rotatable bonds is 36. The van der Waals surface area contributed by atoms with Gasteiger partial charge in [-0.05, 0) is 110 Å². The van der Waals surface area contributed by atoms with Gasteiger partial charge in [0.1, 0.15) is 0 Å². The molecule has 1 unspecified atom stereocenters. The van der Waals surface area contributed by atoms with E-state index < -0.39 is 0 Å². The van der Waals surface area contributed by atoms with E-state index >= 15 is 0 Å². The summed E-state index contributed by atoms with van der Waals surface area (Å²) in [6.07, 6.45) is 17.8. The van der Waals surface area contributed by atoms with Crippen LogP contribution < -0.4 is 0 Å². The Labute approximate surface area is 365 Å². The third-order valence-electron chi connectivity index (χ3n) is 15.1. The van der Waals surface area contributed by atoms with Crippen LogP contribution in [0.1, 0.15) is 112 Å². The summed E-state index contributed by atoms with van der Waals surface area (Å²) in [5, 5.41) is 8.62. The highest BCUT2D eigenvalue weighted by molar-refractivity contribution is 5.25. The van der Waals surface area contributed by atoms with Gasteiger partial charge < -0.3 is 52.5 Å². The molecule has 3 saturated carbocycles. The summed E-state index contributed by atoms with van der Waals surface area (Å²) in [7, 11) is 0. The van der Waals surface area contributed by atoms with Crippen LogP contribution in [0.3, 0.4) is 0 Å². The van der Waals surface area contributed by atoms with Crippen molar-refractivity contribution >= 4 is 0 Å². The zero-order chi connectivity index (χ0) is 42.9. The Morgan fingerprint density at radius 1 is 0.583 bits per heavy atom. The topological polar surface area (TPSA) is 113 Å². The quantitative estimate of drug-likeness (QED) is 0.0487. The molecule has 0 bridgehead atoms. The Morgan fingerprint density at radius 3 is 1.53 bits per heavy atom. The molecular weight excluding hydrogens is 765 g/mol. The van der Waals surface area contributed by atoms with Crippen molar-refractivity contribution in [2.24, 2.45) is 52.3 Å². The number of hydrogen-bond donors (Lipinski definition) is 1. The number of aliphatic hydroxyl groups excluding tert-OH is 1. The lowest BCUT2D eigenvalue weighted by Gasteiger charge is -2.58. The van der Waals surface area contributed by atoms with Gasteiger partial charge in [-0.2, -0.15) is 0 Å². The molecule has 0 heterocycles. The van der Waals surface area contributed by atoms with Crippen molar-refractivity contribution in [3.05, 3.63) is 11.6 Å². The minimum atomic E-state index is 0.0296. The van der Waals surface area contributed by atoms with Crippen molar-refractivity contribution < 1.29 is 52.5 Å². The standard InChI is InChI=1S/C49H90O11/c1-7-41(39(2)3)9-8-40(4)45-12-13-46-44-11-10-42-38-43(14-16-48(42,5)47(44)15-17-49(45,46)6)60-37-36-59-35-34-58-33-32-57-31-30-56-29-28-55-27-26-54-25-24-53-23-22-52-21-20-51-19-18-50/h10,39-41,43-47,50H,7-9,11-38H2,1-6H3/t40-,41-,43?,44+,45-,46+,47+,48+,49-/m1/s1. The number of fused-ring (bicyclic) bond motifs is 5. The SMILES string of the molecule is CC[C@H](CC[C@@H](C)[C@H]1CC[C@H]2[C@@H]3CC=C4CC(OCCOCCOCCOCCOCCOCCOCCOCCOCCOCCO)CC[C@]4(C)[C@H]3CC[C@]12C)C(C)C. The van der Waals surface area contributed by atoms with E-state index in [2.05, 4.69) is 47.6 Å². The second kappa shape index (κ2) is 29.7. The van der Waals surface area contributed by atoms with Gasteiger partial charge >= 0.3 is 0 Å². The predicted molar refractivity (Wildman–Crippen MR) is 236 cm³/mol. The van der Waals surface area contributed by atoms with Crippen molar-refractivity contribution in [3.8, 4) is 0 Å². The second-order valence-electron chi connectivity index (χ2n) is 18.9. The average Bonchev–Trinajstić information content (AvgIpc) is 3.60. The van der Waals surface area contributed by atoms with Gasteiger partial charge in [0.25, 0.3) is 0 Å². The summed E-state index contributed by atoms with van der Waals surface area (Å²) in [6.45, 7) is 25.2. The number of hydrogen-bond acceptors (Lipinski definition) is 11. The molecule has 0 saturated heterocycles. The molecule has 0 radical (unpaired) electrons. The normalized spacial score (nSPS) is 28.7. The zero-order valence-corrected chi connectivity index (χ0v) is 39.1. The molecule has 11 nitrogen and oxygen atoms in total. The molecule has 0 aromatic rings. The zero-order valence-electron chi connectivity index (χ0n) is 39.1. The van der Waals surface area contributed by atoms with Gasteiger partial charge in [0.2, 0.25) is 0 Å². The van der Waals surface area contributed by atoms with Crippen LogP contribution in [0.15, 0.2) is 11.6 Å². The van der Waals surface area contributed by atoms with E-state index in [9.17, 15) is 0 Å². The molecule has 9 atom stereocenters. The first-order valence-corrected chi connectivity index (χ1v) is 24.4. The summed E-state index contributed by atoms with van der Waals surface area (Å²) in [5.74, 6) is 6.12. The van der Waals surface area contributed by atoms with Crippen molar-refractivity contribution in [2.45, 2.75) is 118 Å². The Morgan fingerprint density at radius 2 is 1.07 bits per heavy atom. The first kappa shape index (κ1) is 51.9. The van der Waals surface area contributed by atoms with Gasteiger partial charge in [0.15, 0.2) is 0 Å². The summed E-state index contributed by atoms with van der Waals surface area (Å²) in [4.78, 5) is 0. The number of ether oxygens (including phenoxy) is 10. The molecule has 3 fully saturated rings. The maximum atomic E-state index is 8.62. The maximum absolute atomic E-state index is 8.62. The van der Waals surface area contributed by atoms with Crippen molar-refractivity contribution in [1.82, 2.24) is 0 Å². The lowest BCUT2D eigenvalue weighted by atomic mass is 9.47. The molecule has 4 aliphatic carbocycles. The molecule has 11 heteroatoms. The lowest BCUT2D eigenvalue weighted by molar-refractivity contribution is -0.0694. The maximum Gasteiger partial charge on any atom is 0.0704 e. The van der Waals surface area contributed by atoms with E-state index in [1.165, 1.54) is 64.2 Å². The first-order chi connectivity index (χ1) is 29.2. The minimum absolute atomic E-state index is 0.0296. The third-order valence-corrected chi connectivity index (χ3v) is 15.1. The van der Waals surface area contributed by atoms with Crippen molar-refractivity contribution in [1.29, 1.82) is 0 Å². The summed E-state index contributed by atoms with van der Waals surface area (Å²) in [6, 6.07) is 0. The summed E-state index contributed by atoms with van der Waals surface area (Å²) >= 11 is 0. The molecule has 0 aliphatic heterocycles. The monoisotopic (exact) mass is 855 g/mol. The fourth-order valence-corrected chi connectivity index (χ4v) is 11.6. The van der Waals surface area contributed by atoms with Gasteiger partial charge in [-0.1, -0.05) is 66.0 Å². The van der Waals surface area contributed by atoms with Gasteiger partial charge in [0.05, 0.1) is 138 Å². The van der Waals surface area contributed by atoms with Crippen LogP contribution in [-0.4, -0.2) is 143 Å². The molecule has 4 aliphatic rings. The number of allylic oxidation sites excluding steroid dienone is 1. The molecule has 0 amide bonds. The summed E-state index contributed by atoms with van der Waals surface area (Å²) in [5.41, 5.74) is 2.61. The van der Waals surface area contributed by atoms with Crippen LogP contribution in [0.4, 0.5) is 0 Å². The Bertz CT molecular complexity index is 1120. The Hall–Kier alpha value is -0.700. The van der Waals surface area contributed by atoms with Crippen LogP contribution in [0.5, 0.6) is 0 Å². The molecule has 0 aromatic heterocycles. The third kappa shape index (κ3) is 17.0. The predicted octanol–water partition coefficient (Wildman–Crippen LogP) is 8.19. The van der Waals surface area contributed by atoms with Crippen LogP contribution in [0.2, 0.25) is 0 Å². The van der Waals surface area contributed by atoms with E-state index in [0.717, 1.165) is 47.8 Å².